The van der Waals surface area contributed by atoms with E-state index in [4.69, 9.17) is 4.74 Å². The lowest BCUT2D eigenvalue weighted by atomic mass is 10.1. The molecule has 7 heteroatoms. The number of benzene rings is 1. The molecule has 2 rings (SSSR count). The van der Waals surface area contributed by atoms with Crippen molar-refractivity contribution in [1.82, 2.24) is 4.90 Å². The molecule has 1 aromatic carbocycles. The number of sulfone groups is 1. The Kier molecular flexibility index (Phi) is 3.89. The van der Waals surface area contributed by atoms with E-state index in [9.17, 15) is 18.3 Å². The third-order valence-corrected chi connectivity index (χ3v) is 5.15. The van der Waals surface area contributed by atoms with E-state index < -0.39 is 9.84 Å². The lowest BCUT2D eigenvalue weighted by molar-refractivity contribution is 0.0712. The van der Waals surface area contributed by atoms with E-state index in [1.54, 1.807) is 13.0 Å². The number of hydrogen-bond acceptors (Lipinski definition) is 5. The molecule has 110 valence electrons. The number of methoxy groups -OCH3 is 1. The lowest BCUT2D eigenvalue weighted by Crippen LogP contribution is -2.49. The van der Waals surface area contributed by atoms with Gasteiger partial charge in [-0.25, -0.2) is 8.42 Å². The first-order valence-corrected chi connectivity index (χ1v) is 8.04. The zero-order chi connectivity index (χ0) is 14.9. The highest BCUT2D eigenvalue weighted by molar-refractivity contribution is 7.91. The van der Waals surface area contributed by atoms with Crippen LogP contribution in [-0.4, -0.2) is 55.5 Å². The topological polar surface area (TPSA) is 83.9 Å². The average molecular weight is 299 g/mol. The molecule has 20 heavy (non-hydrogen) atoms. The summed E-state index contributed by atoms with van der Waals surface area (Å²) in [7, 11) is -1.64. The standard InChI is InChI=1S/C13H17NO5S/c1-9-8-20(17,18)6-5-14(9)13(16)10-3-4-12(19-2)11(15)7-10/h3-4,7,9,15H,5-6,8H2,1-2H3. The van der Waals surface area contributed by atoms with Gasteiger partial charge in [0.25, 0.3) is 5.91 Å². The molecule has 0 aliphatic carbocycles. The van der Waals surface area contributed by atoms with Crippen LogP contribution in [0.2, 0.25) is 0 Å². The van der Waals surface area contributed by atoms with Crippen LogP contribution in [0.3, 0.4) is 0 Å². The molecule has 0 radical (unpaired) electrons. The maximum absolute atomic E-state index is 12.4. The molecule has 0 aromatic heterocycles. The van der Waals surface area contributed by atoms with Crippen molar-refractivity contribution in [2.24, 2.45) is 0 Å². The summed E-state index contributed by atoms with van der Waals surface area (Å²) in [4.78, 5) is 13.9. The smallest absolute Gasteiger partial charge is 0.254 e. The molecule has 1 aromatic rings. The van der Waals surface area contributed by atoms with E-state index in [0.717, 1.165) is 0 Å². The SMILES string of the molecule is COc1ccc(C(=O)N2CCS(=O)(=O)CC2C)cc1O. The third-order valence-electron chi connectivity index (χ3n) is 3.36. The summed E-state index contributed by atoms with van der Waals surface area (Å²) < 4.78 is 27.9. The van der Waals surface area contributed by atoms with Gasteiger partial charge in [0.15, 0.2) is 21.3 Å². The van der Waals surface area contributed by atoms with Crippen LogP contribution >= 0.6 is 0 Å². The highest BCUT2D eigenvalue weighted by Gasteiger charge is 2.31. The summed E-state index contributed by atoms with van der Waals surface area (Å²) in [6.45, 7) is 1.88. The second kappa shape index (κ2) is 5.32. The van der Waals surface area contributed by atoms with Crippen molar-refractivity contribution < 1.29 is 23.1 Å². The molecule has 1 aliphatic heterocycles. The van der Waals surface area contributed by atoms with Crippen molar-refractivity contribution in [2.45, 2.75) is 13.0 Å². The number of aromatic hydroxyl groups is 1. The second-order valence-electron chi connectivity index (χ2n) is 4.85. The Balaban J connectivity index is 2.22. The third kappa shape index (κ3) is 2.87. The Morgan fingerprint density at radius 1 is 1.45 bits per heavy atom. The van der Waals surface area contributed by atoms with Crippen molar-refractivity contribution in [3.05, 3.63) is 23.8 Å². The van der Waals surface area contributed by atoms with Crippen LogP contribution in [0.5, 0.6) is 11.5 Å². The number of nitrogens with zero attached hydrogens (tertiary/aromatic N) is 1. The van der Waals surface area contributed by atoms with Gasteiger partial charge < -0.3 is 14.7 Å². The molecule has 1 heterocycles. The quantitative estimate of drug-likeness (QED) is 0.867. The molecule has 1 atom stereocenters. The molecule has 1 unspecified atom stereocenters. The molecule has 0 spiro atoms. The summed E-state index contributed by atoms with van der Waals surface area (Å²) in [6, 6.07) is 4.02. The normalized spacial score (nSPS) is 21.5. The first kappa shape index (κ1) is 14.6. The summed E-state index contributed by atoms with van der Waals surface area (Å²) in [5.41, 5.74) is 0.314. The van der Waals surface area contributed by atoms with Crippen LogP contribution < -0.4 is 4.74 Å². The van der Waals surface area contributed by atoms with Crippen LogP contribution in [0, 0.1) is 0 Å². The van der Waals surface area contributed by atoms with E-state index in [2.05, 4.69) is 0 Å². The van der Waals surface area contributed by atoms with Crippen LogP contribution in [0.1, 0.15) is 17.3 Å². The molecular formula is C13H17NO5S. The van der Waals surface area contributed by atoms with E-state index in [0.29, 0.717) is 5.56 Å². The number of hydrogen-bond donors (Lipinski definition) is 1. The van der Waals surface area contributed by atoms with Crippen LogP contribution in [0.25, 0.3) is 0 Å². The van der Waals surface area contributed by atoms with Crippen molar-refractivity contribution in [2.75, 3.05) is 25.2 Å². The first-order chi connectivity index (χ1) is 9.34. The second-order valence-corrected chi connectivity index (χ2v) is 7.08. The number of carbonyl (C=O) groups excluding carboxylic acids is 1. The van der Waals surface area contributed by atoms with Gasteiger partial charge in [0.05, 0.1) is 18.6 Å². The number of phenolic OH excluding ortho intramolecular Hbond substituents is 1. The van der Waals surface area contributed by atoms with Gasteiger partial charge in [-0.15, -0.1) is 0 Å². The van der Waals surface area contributed by atoms with Gasteiger partial charge in [-0.1, -0.05) is 0 Å². The highest BCUT2D eigenvalue weighted by Crippen LogP contribution is 2.27. The Bertz CT molecular complexity index is 626. The van der Waals surface area contributed by atoms with E-state index >= 15 is 0 Å². The van der Waals surface area contributed by atoms with Gasteiger partial charge in [0.1, 0.15) is 0 Å². The summed E-state index contributed by atoms with van der Waals surface area (Å²) in [6.07, 6.45) is 0. The van der Waals surface area contributed by atoms with Crippen molar-refractivity contribution in [1.29, 1.82) is 0 Å². The minimum absolute atomic E-state index is 0.0226. The molecule has 1 amide bonds. The number of rotatable bonds is 2. The Morgan fingerprint density at radius 2 is 2.15 bits per heavy atom. The Morgan fingerprint density at radius 3 is 2.70 bits per heavy atom. The Labute approximate surface area is 117 Å². The van der Waals surface area contributed by atoms with Crippen molar-refractivity contribution in [3.8, 4) is 11.5 Å². The monoisotopic (exact) mass is 299 g/mol. The fraction of sp³-hybridized carbons (Fsp3) is 0.462. The van der Waals surface area contributed by atoms with Crippen LogP contribution in [0.15, 0.2) is 18.2 Å². The maximum Gasteiger partial charge on any atom is 0.254 e. The van der Waals surface area contributed by atoms with Gasteiger partial charge in [-0.3, -0.25) is 4.79 Å². The van der Waals surface area contributed by atoms with Gasteiger partial charge >= 0.3 is 0 Å². The molecule has 1 N–H and O–H groups in total. The van der Waals surface area contributed by atoms with E-state index in [1.165, 1.54) is 24.1 Å². The fourth-order valence-electron chi connectivity index (χ4n) is 2.29. The largest absolute Gasteiger partial charge is 0.504 e. The molecule has 0 saturated carbocycles. The zero-order valence-electron chi connectivity index (χ0n) is 11.4. The number of carbonyl (C=O) groups is 1. The molecular weight excluding hydrogens is 282 g/mol. The van der Waals surface area contributed by atoms with E-state index in [1.807, 2.05) is 0 Å². The minimum atomic E-state index is -3.06. The van der Waals surface area contributed by atoms with Crippen molar-refractivity contribution >= 4 is 15.7 Å². The van der Waals surface area contributed by atoms with Crippen LogP contribution in [-0.2, 0) is 9.84 Å². The average Bonchev–Trinajstić information content (AvgIpc) is 2.37. The first-order valence-electron chi connectivity index (χ1n) is 6.22. The maximum atomic E-state index is 12.4. The number of phenols is 1. The van der Waals surface area contributed by atoms with Gasteiger partial charge in [0, 0.05) is 18.2 Å². The van der Waals surface area contributed by atoms with Gasteiger partial charge in [-0.2, -0.15) is 0 Å². The summed E-state index contributed by atoms with van der Waals surface area (Å²) in [5, 5.41) is 9.70. The highest BCUT2D eigenvalue weighted by atomic mass is 32.2. The summed E-state index contributed by atoms with van der Waals surface area (Å²) >= 11 is 0. The molecule has 1 fully saturated rings. The number of amides is 1. The molecule has 1 saturated heterocycles. The predicted molar refractivity (Wildman–Crippen MR) is 73.8 cm³/mol. The summed E-state index contributed by atoms with van der Waals surface area (Å²) in [5.74, 6) is -0.164. The minimum Gasteiger partial charge on any atom is -0.504 e. The molecule has 1 aliphatic rings. The Hall–Kier alpha value is -1.76. The van der Waals surface area contributed by atoms with Gasteiger partial charge in [0.2, 0.25) is 0 Å². The van der Waals surface area contributed by atoms with Crippen LogP contribution in [0.4, 0.5) is 0 Å². The number of ether oxygens (including phenoxy) is 1. The van der Waals surface area contributed by atoms with E-state index in [-0.39, 0.29) is 41.5 Å². The zero-order valence-corrected chi connectivity index (χ0v) is 12.2. The predicted octanol–water partition coefficient (Wildman–Crippen LogP) is 0.660. The lowest BCUT2D eigenvalue weighted by Gasteiger charge is -2.33. The molecule has 0 bridgehead atoms. The van der Waals surface area contributed by atoms with Crippen molar-refractivity contribution in [3.63, 3.8) is 0 Å². The van der Waals surface area contributed by atoms with Gasteiger partial charge in [-0.05, 0) is 25.1 Å². The molecule has 6 nitrogen and oxygen atoms in total. The fourth-order valence-corrected chi connectivity index (χ4v) is 3.85.